The second-order valence-electron chi connectivity index (χ2n) is 4.41. The van der Waals surface area contributed by atoms with Crippen LogP contribution in [0.4, 0.5) is 0 Å². The van der Waals surface area contributed by atoms with Crippen molar-refractivity contribution in [3.05, 3.63) is 0 Å². The molecule has 1 saturated heterocycles. The molecule has 1 aliphatic rings. The number of hydrogen-bond acceptors (Lipinski definition) is 2. The smallest absolute Gasteiger partial charge is 0.222 e. The lowest BCUT2D eigenvalue weighted by molar-refractivity contribution is -0.130. The maximum Gasteiger partial charge on any atom is 0.222 e. The van der Waals surface area contributed by atoms with E-state index in [1.807, 2.05) is 18.9 Å². The second kappa shape index (κ2) is 6.83. The molecule has 88 valence electrons. The summed E-state index contributed by atoms with van der Waals surface area (Å²) < 4.78 is 5.31. The summed E-state index contributed by atoms with van der Waals surface area (Å²) in [7, 11) is 1.91. The van der Waals surface area contributed by atoms with Gasteiger partial charge in [0.25, 0.3) is 0 Å². The van der Waals surface area contributed by atoms with Crippen LogP contribution in [0.25, 0.3) is 0 Å². The van der Waals surface area contributed by atoms with Gasteiger partial charge in [0.2, 0.25) is 5.91 Å². The van der Waals surface area contributed by atoms with Crippen molar-refractivity contribution < 1.29 is 9.53 Å². The molecule has 1 rings (SSSR count). The third-order valence-electron chi connectivity index (χ3n) is 3.10. The number of carbonyl (C=O) groups excluding carboxylic acids is 1. The average Bonchev–Trinajstić information content (AvgIpc) is 2.27. The zero-order valence-corrected chi connectivity index (χ0v) is 10.00. The van der Waals surface area contributed by atoms with E-state index in [4.69, 9.17) is 4.74 Å². The predicted molar refractivity (Wildman–Crippen MR) is 60.7 cm³/mol. The normalized spacial score (nSPS) is 17.7. The number of nitrogens with zero attached hydrogens (tertiary/aromatic N) is 1. The highest BCUT2D eigenvalue weighted by Crippen LogP contribution is 2.18. The fourth-order valence-electron chi connectivity index (χ4n) is 1.94. The maximum absolute atomic E-state index is 11.5. The standard InChI is InChI=1S/C12H23NO2/c1-3-4-12(14)13(2)8-5-11-6-9-15-10-7-11/h11H,3-10H2,1-2H3. The van der Waals surface area contributed by atoms with Crippen molar-refractivity contribution in [3.8, 4) is 0 Å². The fraction of sp³-hybridized carbons (Fsp3) is 0.917. The van der Waals surface area contributed by atoms with Crippen LogP contribution in [0.2, 0.25) is 0 Å². The van der Waals surface area contributed by atoms with Crippen molar-refractivity contribution in [2.24, 2.45) is 5.92 Å². The molecule has 0 atom stereocenters. The van der Waals surface area contributed by atoms with E-state index in [2.05, 4.69) is 0 Å². The highest BCUT2D eigenvalue weighted by Gasteiger charge is 2.15. The van der Waals surface area contributed by atoms with Crippen molar-refractivity contribution >= 4 is 5.91 Å². The Morgan fingerprint density at radius 3 is 2.67 bits per heavy atom. The van der Waals surface area contributed by atoms with Crippen molar-refractivity contribution in [2.75, 3.05) is 26.8 Å². The molecule has 0 bridgehead atoms. The molecule has 1 heterocycles. The Kier molecular flexibility index (Phi) is 5.69. The molecule has 1 aliphatic heterocycles. The molecule has 1 fully saturated rings. The van der Waals surface area contributed by atoms with Gasteiger partial charge in [-0.3, -0.25) is 4.79 Å². The lowest BCUT2D eigenvalue weighted by Crippen LogP contribution is -2.29. The summed E-state index contributed by atoms with van der Waals surface area (Å²) in [6.07, 6.45) is 5.09. The zero-order valence-electron chi connectivity index (χ0n) is 10.00. The van der Waals surface area contributed by atoms with E-state index in [9.17, 15) is 4.79 Å². The molecule has 0 radical (unpaired) electrons. The van der Waals surface area contributed by atoms with E-state index in [-0.39, 0.29) is 5.91 Å². The van der Waals surface area contributed by atoms with Gasteiger partial charge in [0.1, 0.15) is 0 Å². The van der Waals surface area contributed by atoms with E-state index in [0.29, 0.717) is 6.42 Å². The number of ether oxygens (including phenoxy) is 1. The summed E-state index contributed by atoms with van der Waals surface area (Å²) >= 11 is 0. The molecule has 0 aromatic carbocycles. The molecule has 3 heteroatoms. The topological polar surface area (TPSA) is 29.5 Å². The summed E-state index contributed by atoms with van der Waals surface area (Å²) in [5.74, 6) is 1.04. The van der Waals surface area contributed by atoms with Gasteiger partial charge in [-0.05, 0) is 31.6 Å². The van der Waals surface area contributed by atoms with Crippen LogP contribution < -0.4 is 0 Å². The predicted octanol–water partition coefficient (Wildman–Crippen LogP) is 2.06. The van der Waals surface area contributed by atoms with Crippen LogP contribution in [0.5, 0.6) is 0 Å². The van der Waals surface area contributed by atoms with Gasteiger partial charge in [-0.2, -0.15) is 0 Å². The van der Waals surface area contributed by atoms with Crippen LogP contribution in [0.3, 0.4) is 0 Å². The van der Waals surface area contributed by atoms with E-state index >= 15 is 0 Å². The van der Waals surface area contributed by atoms with Gasteiger partial charge in [-0.15, -0.1) is 0 Å². The first-order valence-corrected chi connectivity index (χ1v) is 6.05. The Morgan fingerprint density at radius 1 is 1.40 bits per heavy atom. The van der Waals surface area contributed by atoms with E-state index in [0.717, 1.165) is 51.4 Å². The minimum absolute atomic E-state index is 0.282. The van der Waals surface area contributed by atoms with Gasteiger partial charge in [-0.25, -0.2) is 0 Å². The Labute approximate surface area is 92.8 Å². The molecule has 3 nitrogen and oxygen atoms in total. The molecule has 0 N–H and O–H groups in total. The summed E-state index contributed by atoms with van der Waals surface area (Å²) in [6, 6.07) is 0. The Hall–Kier alpha value is -0.570. The Bertz CT molecular complexity index is 188. The summed E-state index contributed by atoms with van der Waals surface area (Å²) in [4.78, 5) is 13.4. The maximum atomic E-state index is 11.5. The first-order valence-electron chi connectivity index (χ1n) is 6.05. The second-order valence-corrected chi connectivity index (χ2v) is 4.41. The van der Waals surface area contributed by atoms with Gasteiger partial charge in [-0.1, -0.05) is 6.92 Å². The van der Waals surface area contributed by atoms with Crippen LogP contribution in [-0.2, 0) is 9.53 Å². The number of hydrogen-bond donors (Lipinski definition) is 0. The van der Waals surface area contributed by atoms with Crippen LogP contribution in [0.15, 0.2) is 0 Å². The first kappa shape index (κ1) is 12.5. The van der Waals surface area contributed by atoms with Crippen molar-refractivity contribution in [3.63, 3.8) is 0 Å². The summed E-state index contributed by atoms with van der Waals surface area (Å²) in [6.45, 7) is 4.75. The van der Waals surface area contributed by atoms with Crippen molar-refractivity contribution in [1.82, 2.24) is 4.90 Å². The largest absolute Gasteiger partial charge is 0.381 e. The number of rotatable bonds is 5. The summed E-state index contributed by atoms with van der Waals surface area (Å²) in [5, 5.41) is 0. The quantitative estimate of drug-likeness (QED) is 0.699. The molecular formula is C12H23NO2. The first-order chi connectivity index (χ1) is 7.24. The molecule has 0 aliphatic carbocycles. The van der Waals surface area contributed by atoms with Crippen molar-refractivity contribution in [2.45, 2.75) is 39.0 Å². The molecule has 0 unspecified atom stereocenters. The summed E-state index contributed by atoms with van der Waals surface area (Å²) in [5.41, 5.74) is 0. The Morgan fingerprint density at radius 2 is 2.07 bits per heavy atom. The molecule has 0 saturated carbocycles. The van der Waals surface area contributed by atoms with Crippen LogP contribution >= 0.6 is 0 Å². The molecule has 0 aromatic heterocycles. The number of carbonyl (C=O) groups is 1. The van der Waals surface area contributed by atoms with E-state index in [1.54, 1.807) is 0 Å². The molecule has 0 aromatic rings. The van der Waals surface area contributed by atoms with Gasteiger partial charge in [0, 0.05) is 33.2 Å². The minimum atomic E-state index is 0.282. The Balaban J connectivity index is 2.14. The number of amides is 1. The zero-order chi connectivity index (χ0) is 11.1. The third kappa shape index (κ3) is 4.65. The molecule has 1 amide bonds. The van der Waals surface area contributed by atoms with Crippen LogP contribution in [0, 0.1) is 5.92 Å². The van der Waals surface area contributed by atoms with Crippen LogP contribution in [-0.4, -0.2) is 37.6 Å². The van der Waals surface area contributed by atoms with E-state index in [1.165, 1.54) is 0 Å². The van der Waals surface area contributed by atoms with Crippen molar-refractivity contribution in [1.29, 1.82) is 0 Å². The monoisotopic (exact) mass is 213 g/mol. The highest BCUT2D eigenvalue weighted by atomic mass is 16.5. The third-order valence-corrected chi connectivity index (χ3v) is 3.10. The van der Waals surface area contributed by atoms with Gasteiger partial charge in [0.05, 0.1) is 0 Å². The van der Waals surface area contributed by atoms with Gasteiger partial charge < -0.3 is 9.64 Å². The average molecular weight is 213 g/mol. The molecule has 15 heavy (non-hydrogen) atoms. The SMILES string of the molecule is CCCC(=O)N(C)CCC1CCOCC1. The van der Waals surface area contributed by atoms with Gasteiger partial charge in [0.15, 0.2) is 0 Å². The van der Waals surface area contributed by atoms with Crippen LogP contribution in [0.1, 0.15) is 39.0 Å². The lowest BCUT2D eigenvalue weighted by Gasteiger charge is -2.24. The lowest BCUT2D eigenvalue weighted by atomic mass is 9.96. The highest BCUT2D eigenvalue weighted by molar-refractivity contribution is 5.75. The fourth-order valence-corrected chi connectivity index (χ4v) is 1.94. The molecular weight excluding hydrogens is 190 g/mol. The van der Waals surface area contributed by atoms with Gasteiger partial charge >= 0.3 is 0 Å². The van der Waals surface area contributed by atoms with E-state index < -0.39 is 0 Å². The molecule has 0 spiro atoms. The minimum Gasteiger partial charge on any atom is -0.381 e.